The van der Waals surface area contributed by atoms with Gasteiger partial charge in [-0.05, 0) is 17.5 Å². The number of rotatable bonds is 4. The van der Waals surface area contributed by atoms with Gasteiger partial charge in [0, 0.05) is 18.5 Å². The number of carboxylic acids is 1. The van der Waals surface area contributed by atoms with Gasteiger partial charge in [-0.2, -0.15) is 0 Å². The van der Waals surface area contributed by atoms with E-state index in [0.29, 0.717) is 6.54 Å². The molecular formula is C15H21NO2. The summed E-state index contributed by atoms with van der Waals surface area (Å²) in [4.78, 5) is 11.3. The second kappa shape index (κ2) is 5.11. The molecule has 2 rings (SSSR count). The Kier molecular flexibility index (Phi) is 3.71. The van der Waals surface area contributed by atoms with Crippen molar-refractivity contribution in [2.75, 3.05) is 13.1 Å². The van der Waals surface area contributed by atoms with Crippen LogP contribution in [0.4, 0.5) is 0 Å². The highest BCUT2D eigenvalue weighted by Gasteiger charge is 2.44. The standard InChI is InChI=1S/C15H21NO2/c1-3-4-11-5-7-12(8-6-11)15(2)10-16-9-13(15)14(17)18/h5-8,13,16H,3-4,9-10H2,1-2H3,(H,17,18). The summed E-state index contributed by atoms with van der Waals surface area (Å²) in [6, 6.07) is 8.44. The summed E-state index contributed by atoms with van der Waals surface area (Å²) in [5, 5.41) is 12.5. The molecule has 1 saturated heterocycles. The van der Waals surface area contributed by atoms with Crippen molar-refractivity contribution in [3.05, 3.63) is 35.4 Å². The third kappa shape index (κ3) is 2.27. The Balaban J connectivity index is 2.26. The van der Waals surface area contributed by atoms with E-state index in [0.717, 1.165) is 24.9 Å². The van der Waals surface area contributed by atoms with Crippen molar-refractivity contribution >= 4 is 5.97 Å². The molecule has 0 bridgehead atoms. The zero-order valence-corrected chi connectivity index (χ0v) is 11.1. The van der Waals surface area contributed by atoms with Gasteiger partial charge in [0.2, 0.25) is 0 Å². The Morgan fingerprint density at radius 2 is 2.11 bits per heavy atom. The number of carbonyl (C=O) groups is 1. The van der Waals surface area contributed by atoms with Crippen LogP contribution in [0.15, 0.2) is 24.3 Å². The second-order valence-corrected chi connectivity index (χ2v) is 5.39. The maximum absolute atomic E-state index is 11.3. The highest BCUT2D eigenvalue weighted by molar-refractivity contribution is 5.73. The summed E-state index contributed by atoms with van der Waals surface area (Å²) < 4.78 is 0. The van der Waals surface area contributed by atoms with E-state index in [9.17, 15) is 9.90 Å². The van der Waals surface area contributed by atoms with Crippen molar-refractivity contribution in [3.8, 4) is 0 Å². The highest BCUT2D eigenvalue weighted by atomic mass is 16.4. The van der Waals surface area contributed by atoms with Crippen molar-refractivity contribution in [1.82, 2.24) is 5.32 Å². The fourth-order valence-corrected chi connectivity index (χ4v) is 2.83. The van der Waals surface area contributed by atoms with Gasteiger partial charge in [-0.25, -0.2) is 0 Å². The first kappa shape index (κ1) is 13.1. The van der Waals surface area contributed by atoms with Crippen molar-refractivity contribution in [2.24, 2.45) is 5.92 Å². The molecule has 3 heteroatoms. The van der Waals surface area contributed by atoms with Crippen LogP contribution in [0.5, 0.6) is 0 Å². The molecular weight excluding hydrogens is 226 g/mol. The van der Waals surface area contributed by atoms with Crippen LogP contribution in [0.2, 0.25) is 0 Å². The fourth-order valence-electron chi connectivity index (χ4n) is 2.83. The minimum atomic E-state index is -0.708. The SMILES string of the molecule is CCCc1ccc(C2(C)CNCC2C(=O)O)cc1. The van der Waals surface area contributed by atoms with E-state index < -0.39 is 5.97 Å². The first-order chi connectivity index (χ1) is 8.58. The molecule has 1 aliphatic rings. The minimum Gasteiger partial charge on any atom is -0.481 e. The molecule has 18 heavy (non-hydrogen) atoms. The number of aryl methyl sites for hydroxylation is 1. The average Bonchev–Trinajstić information content (AvgIpc) is 2.74. The first-order valence-corrected chi connectivity index (χ1v) is 6.61. The van der Waals surface area contributed by atoms with E-state index in [1.54, 1.807) is 0 Å². The number of hydrogen-bond donors (Lipinski definition) is 2. The topological polar surface area (TPSA) is 49.3 Å². The molecule has 0 saturated carbocycles. The molecule has 0 spiro atoms. The smallest absolute Gasteiger partial charge is 0.308 e. The van der Waals surface area contributed by atoms with Gasteiger partial charge in [-0.3, -0.25) is 4.79 Å². The summed E-state index contributed by atoms with van der Waals surface area (Å²) in [5.41, 5.74) is 2.15. The quantitative estimate of drug-likeness (QED) is 0.857. The largest absolute Gasteiger partial charge is 0.481 e. The van der Waals surface area contributed by atoms with Gasteiger partial charge in [0.05, 0.1) is 5.92 Å². The molecule has 1 heterocycles. The Labute approximate surface area is 108 Å². The summed E-state index contributed by atoms with van der Waals surface area (Å²) in [5.74, 6) is -1.05. The van der Waals surface area contributed by atoms with E-state index in [1.807, 2.05) is 6.92 Å². The number of aliphatic carboxylic acids is 1. The van der Waals surface area contributed by atoms with Crippen LogP contribution in [-0.4, -0.2) is 24.2 Å². The maximum atomic E-state index is 11.3. The lowest BCUT2D eigenvalue weighted by Gasteiger charge is -2.28. The zero-order valence-electron chi connectivity index (χ0n) is 11.1. The molecule has 3 nitrogen and oxygen atoms in total. The molecule has 2 atom stereocenters. The van der Waals surface area contributed by atoms with Gasteiger partial charge in [-0.15, -0.1) is 0 Å². The van der Waals surface area contributed by atoms with Gasteiger partial charge in [0.25, 0.3) is 0 Å². The molecule has 1 fully saturated rings. The molecule has 1 aromatic carbocycles. The molecule has 0 aliphatic carbocycles. The van der Waals surface area contributed by atoms with E-state index >= 15 is 0 Å². The highest BCUT2D eigenvalue weighted by Crippen LogP contribution is 2.35. The Hall–Kier alpha value is -1.35. The molecule has 1 aromatic rings. The van der Waals surface area contributed by atoms with Crippen LogP contribution in [0, 0.1) is 5.92 Å². The summed E-state index contributed by atoms with van der Waals surface area (Å²) in [6.45, 7) is 5.50. The second-order valence-electron chi connectivity index (χ2n) is 5.39. The van der Waals surface area contributed by atoms with Crippen molar-refractivity contribution in [1.29, 1.82) is 0 Å². The minimum absolute atomic E-state index is 0.295. The van der Waals surface area contributed by atoms with Crippen LogP contribution in [0.1, 0.15) is 31.4 Å². The molecule has 2 N–H and O–H groups in total. The third-order valence-electron chi connectivity index (χ3n) is 4.06. The van der Waals surface area contributed by atoms with E-state index in [1.165, 1.54) is 5.56 Å². The molecule has 0 aromatic heterocycles. The lowest BCUT2D eigenvalue weighted by atomic mass is 9.74. The van der Waals surface area contributed by atoms with Crippen LogP contribution < -0.4 is 5.32 Å². The van der Waals surface area contributed by atoms with Gasteiger partial charge < -0.3 is 10.4 Å². The van der Waals surface area contributed by atoms with Crippen molar-refractivity contribution in [2.45, 2.75) is 32.1 Å². The summed E-state index contributed by atoms with van der Waals surface area (Å²) in [6.07, 6.45) is 2.22. The van der Waals surface area contributed by atoms with E-state index in [2.05, 4.69) is 36.5 Å². The number of nitrogens with one attached hydrogen (secondary N) is 1. The average molecular weight is 247 g/mol. The van der Waals surface area contributed by atoms with E-state index in [4.69, 9.17) is 0 Å². The normalized spacial score (nSPS) is 27.3. The third-order valence-corrected chi connectivity index (χ3v) is 4.06. The van der Waals surface area contributed by atoms with Crippen LogP contribution in [0.3, 0.4) is 0 Å². The van der Waals surface area contributed by atoms with Crippen molar-refractivity contribution < 1.29 is 9.90 Å². The lowest BCUT2D eigenvalue weighted by molar-refractivity contribution is -0.142. The van der Waals surface area contributed by atoms with Crippen LogP contribution in [0.25, 0.3) is 0 Å². The van der Waals surface area contributed by atoms with Gasteiger partial charge >= 0.3 is 5.97 Å². The van der Waals surface area contributed by atoms with Crippen molar-refractivity contribution in [3.63, 3.8) is 0 Å². The maximum Gasteiger partial charge on any atom is 0.308 e. The van der Waals surface area contributed by atoms with Gasteiger partial charge in [-0.1, -0.05) is 44.5 Å². The lowest BCUT2D eigenvalue weighted by Crippen LogP contribution is -2.36. The zero-order chi connectivity index (χ0) is 13.2. The Bertz CT molecular complexity index is 427. The molecule has 98 valence electrons. The van der Waals surface area contributed by atoms with Crippen LogP contribution in [-0.2, 0) is 16.6 Å². The van der Waals surface area contributed by atoms with Gasteiger partial charge in [0.1, 0.15) is 0 Å². The van der Waals surface area contributed by atoms with Crippen LogP contribution >= 0.6 is 0 Å². The number of hydrogen-bond acceptors (Lipinski definition) is 2. The predicted molar refractivity (Wildman–Crippen MR) is 71.8 cm³/mol. The first-order valence-electron chi connectivity index (χ1n) is 6.61. The monoisotopic (exact) mass is 247 g/mol. The fraction of sp³-hybridized carbons (Fsp3) is 0.533. The predicted octanol–water partition coefficient (Wildman–Crippen LogP) is 2.20. The Morgan fingerprint density at radius 1 is 1.44 bits per heavy atom. The summed E-state index contributed by atoms with van der Waals surface area (Å²) in [7, 11) is 0. The molecule has 0 amide bonds. The molecule has 1 aliphatic heterocycles. The Morgan fingerprint density at radius 3 is 2.67 bits per heavy atom. The summed E-state index contributed by atoms with van der Waals surface area (Å²) >= 11 is 0. The van der Waals surface area contributed by atoms with Gasteiger partial charge in [0.15, 0.2) is 0 Å². The number of benzene rings is 1. The van der Waals surface area contributed by atoms with E-state index in [-0.39, 0.29) is 11.3 Å². The molecule has 0 radical (unpaired) electrons. The number of carboxylic acid groups (broad SMARTS) is 1. The molecule has 2 unspecified atom stereocenters.